The van der Waals surface area contributed by atoms with E-state index in [1.807, 2.05) is 0 Å². The van der Waals surface area contributed by atoms with Crippen molar-refractivity contribution in [2.24, 2.45) is 5.73 Å². The Morgan fingerprint density at radius 1 is 1.00 bits per heavy atom. The molecule has 2 aromatic carbocycles. The van der Waals surface area contributed by atoms with E-state index in [1.165, 1.54) is 22.0 Å². The van der Waals surface area contributed by atoms with E-state index in [0.717, 1.165) is 24.2 Å². The van der Waals surface area contributed by atoms with E-state index in [4.69, 9.17) is 10.8 Å². The van der Waals surface area contributed by atoms with Crippen molar-refractivity contribution >= 4 is 10.8 Å². The highest BCUT2D eigenvalue weighted by Crippen LogP contribution is 2.26. The van der Waals surface area contributed by atoms with Gasteiger partial charge in [-0.05, 0) is 35.9 Å². The summed E-state index contributed by atoms with van der Waals surface area (Å²) < 4.78 is 2.08. The Morgan fingerprint density at radius 2 is 1.76 bits per heavy atom. The standard InChI is InChI=1S/C18H21N3/c1-3-14-11-15(4-2)21(20-14)18-10-9-13(12-19)16-7-5-6-8-17(16)18/h5-11H,3-4,12,19H2,1-2H3. The first-order chi connectivity index (χ1) is 10.3. The van der Waals surface area contributed by atoms with Crippen molar-refractivity contribution in [3.8, 4) is 5.69 Å². The number of aromatic nitrogens is 2. The normalized spacial score (nSPS) is 11.2. The fraction of sp³-hybridized carbons (Fsp3) is 0.278. The molecule has 3 aromatic rings. The van der Waals surface area contributed by atoms with Gasteiger partial charge in [0.15, 0.2) is 0 Å². The van der Waals surface area contributed by atoms with Crippen molar-refractivity contribution < 1.29 is 0 Å². The van der Waals surface area contributed by atoms with E-state index in [-0.39, 0.29) is 0 Å². The molecule has 0 aliphatic rings. The second-order valence-corrected chi connectivity index (χ2v) is 5.24. The van der Waals surface area contributed by atoms with E-state index >= 15 is 0 Å². The summed E-state index contributed by atoms with van der Waals surface area (Å²) in [5.41, 5.74) is 10.6. The van der Waals surface area contributed by atoms with Crippen molar-refractivity contribution in [1.82, 2.24) is 9.78 Å². The summed E-state index contributed by atoms with van der Waals surface area (Å²) >= 11 is 0. The van der Waals surface area contributed by atoms with Crippen LogP contribution in [0.1, 0.15) is 30.8 Å². The lowest BCUT2D eigenvalue weighted by Crippen LogP contribution is -2.04. The van der Waals surface area contributed by atoms with Gasteiger partial charge < -0.3 is 5.73 Å². The number of aryl methyl sites for hydroxylation is 2. The summed E-state index contributed by atoms with van der Waals surface area (Å²) in [5.74, 6) is 0. The van der Waals surface area contributed by atoms with Crippen LogP contribution in [0, 0.1) is 0 Å². The smallest absolute Gasteiger partial charge is 0.0727 e. The van der Waals surface area contributed by atoms with E-state index < -0.39 is 0 Å². The van der Waals surface area contributed by atoms with Gasteiger partial charge in [0.25, 0.3) is 0 Å². The van der Waals surface area contributed by atoms with Crippen LogP contribution in [0.4, 0.5) is 0 Å². The van der Waals surface area contributed by atoms with Crippen molar-refractivity contribution in [3.05, 3.63) is 59.4 Å². The molecule has 1 aromatic heterocycles. The molecule has 0 saturated heterocycles. The van der Waals surface area contributed by atoms with Gasteiger partial charge in [-0.15, -0.1) is 0 Å². The number of benzene rings is 2. The Bertz CT molecular complexity index is 771. The Labute approximate surface area is 125 Å². The highest BCUT2D eigenvalue weighted by Gasteiger charge is 2.11. The third kappa shape index (κ3) is 2.34. The zero-order chi connectivity index (χ0) is 14.8. The van der Waals surface area contributed by atoms with Gasteiger partial charge in [0.05, 0.1) is 11.4 Å². The molecule has 0 atom stereocenters. The zero-order valence-corrected chi connectivity index (χ0v) is 12.6. The van der Waals surface area contributed by atoms with Crippen molar-refractivity contribution in [1.29, 1.82) is 0 Å². The fourth-order valence-corrected chi connectivity index (χ4v) is 2.82. The van der Waals surface area contributed by atoms with E-state index in [9.17, 15) is 0 Å². The van der Waals surface area contributed by atoms with Crippen LogP contribution in [0.2, 0.25) is 0 Å². The summed E-state index contributed by atoms with van der Waals surface area (Å²) in [7, 11) is 0. The molecule has 108 valence electrons. The lowest BCUT2D eigenvalue weighted by Gasteiger charge is -2.12. The number of hydrogen-bond donors (Lipinski definition) is 1. The third-order valence-electron chi connectivity index (χ3n) is 4.00. The second-order valence-electron chi connectivity index (χ2n) is 5.24. The first-order valence-electron chi connectivity index (χ1n) is 7.57. The minimum Gasteiger partial charge on any atom is -0.326 e. The van der Waals surface area contributed by atoms with Crippen LogP contribution in [0.15, 0.2) is 42.5 Å². The van der Waals surface area contributed by atoms with Crippen LogP contribution < -0.4 is 5.73 Å². The van der Waals surface area contributed by atoms with Gasteiger partial charge in [0, 0.05) is 17.6 Å². The molecule has 0 radical (unpaired) electrons. The average Bonchev–Trinajstić information content (AvgIpc) is 2.97. The minimum atomic E-state index is 0.556. The molecule has 3 rings (SSSR count). The van der Waals surface area contributed by atoms with Crippen LogP contribution in [0.25, 0.3) is 16.5 Å². The summed E-state index contributed by atoms with van der Waals surface area (Å²) in [6, 6.07) is 14.9. The molecular weight excluding hydrogens is 258 g/mol. The molecule has 0 amide bonds. The molecule has 0 spiro atoms. The van der Waals surface area contributed by atoms with Crippen molar-refractivity contribution in [2.75, 3.05) is 0 Å². The molecule has 0 bridgehead atoms. The molecule has 0 aliphatic heterocycles. The van der Waals surface area contributed by atoms with Gasteiger partial charge in [-0.1, -0.05) is 44.2 Å². The third-order valence-corrected chi connectivity index (χ3v) is 4.00. The molecule has 21 heavy (non-hydrogen) atoms. The Hall–Kier alpha value is -2.13. The van der Waals surface area contributed by atoms with Crippen LogP contribution >= 0.6 is 0 Å². The maximum absolute atomic E-state index is 5.86. The summed E-state index contributed by atoms with van der Waals surface area (Å²) in [6.45, 7) is 4.87. The SMILES string of the molecule is CCc1cc(CC)n(-c2ccc(CN)c3ccccc23)n1. The molecule has 0 unspecified atom stereocenters. The highest BCUT2D eigenvalue weighted by molar-refractivity contribution is 5.92. The number of hydrogen-bond acceptors (Lipinski definition) is 2. The molecule has 3 nitrogen and oxygen atoms in total. The molecule has 1 heterocycles. The largest absolute Gasteiger partial charge is 0.326 e. The predicted octanol–water partition coefficient (Wildman–Crippen LogP) is 3.61. The van der Waals surface area contributed by atoms with Crippen LogP contribution in [-0.2, 0) is 19.4 Å². The van der Waals surface area contributed by atoms with Gasteiger partial charge in [-0.2, -0.15) is 5.10 Å². The lowest BCUT2D eigenvalue weighted by molar-refractivity contribution is 0.798. The van der Waals surface area contributed by atoms with E-state index in [0.29, 0.717) is 6.54 Å². The van der Waals surface area contributed by atoms with Crippen LogP contribution in [-0.4, -0.2) is 9.78 Å². The molecular formula is C18H21N3. The zero-order valence-electron chi connectivity index (χ0n) is 12.6. The van der Waals surface area contributed by atoms with Crippen LogP contribution in [0.5, 0.6) is 0 Å². The Balaban J connectivity index is 2.28. The number of nitrogens with two attached hydrogens (primary N) is 1. The molecule has 0 fully saturated rings. The highest BCUT2D eigenvalue weighted by atomic mass is 15.3. The monoisotopic (exact) mass is 279 g/mol. The summed E-state index contributed by atoms with van der Waals surface area (Å²) in [6.07, 6.45) is 1.93. The maximum Gasteiger partial charge on any atom is 0.0727 e. The van der Waals surface area contributed by atoms with Crippen molar-refractivity contribution in [3.63, 3.8) is 0 Å². The topological polar surface area (TPSA) is 43.8 Å². The number of rotatable bonds is 4. The summed E-state index contributed by atoms with van der Waals surface area (Å²) in [4.78, 5) is 0. The van der Waals surface area contributed by atoms with Crippen molar-refractivity contribution in [2.45, 2.75) is 33.2 Å². The van der Waals surface area contributed by atoms with E-state index in [1.54, 1.807) is 0 Å². The predicted molar refractivity (Wildman–Crippen MR) is 87.7 cm³/mol. The Morgan fingerprint density at radius 3 is 2.43 bits per heavy atom. The molecule has 0 aliphatic carbocycles. The summed E-state index contributed by atoms with van der Waals surface area (Å²) in [5, 5.41) is 7.19. The molecule has 0 saturated carbocycles. The quantitative estimate of drug-likeness (QED) is 0.793. The maximum atomic E-state index is 5.86. The first-order valence-corrected chi connectivity index (χ1v) is 7.57. The Kier molecular flexibility index (Phi) is 3.76. The average molecular weight is 279 g/mol. The van der Waals surface area contributed by atoms with E-state index in [2.05, 4.69) is 61.0 Å². The lowest BCUT2D eigenvalue weighted by atomic mass is 10.0. The first kappa shape index (κ1) is 13.8. The number of nitrogens with zero attached hydrogens (tertiary/aromatic N) is 2. The minimum absolute atomic E-state index is 0.556. The van der Waals surface area contributed by atoms with Gasteiger partial charge in [-0.3, -0.25) is 0 Å². The second kappa shape index (κ2) is 5.70. The van der Waals surface area contributed by atoms with Gasteiger partial charge in [0.2, 0.25) is 0 Å². The molecule has 2 N–H and O–H groups in total. The van der Waals surface area contributed by atoms with Gasteiger partial charge in [0.1, 0.15) is 0 Å². The van der Waals surface area contributed by atoms with Crippen LogP contribution in [0.3, 0.4) is 0 Å². The number of fused-ring (bicyclic) bond motifs is 1. The molecule has 3 heteroatoms. The van der Waals surface area contributed by atoms with Gasteiger partial charge >= 0.3 is 0 Å². The van der Waals surface area contributed by atoms with Gasteiger partial charge in [-0.25, -0.2) is 4.68 Å². The fourth-order valence-electron chi connectivity index (χ4n) is 2.82.